The molecule has 2 aromatic rings. The van der Waals surface area contributed by atoms with Gasteiger partial charge in [0.15, 0.2) is 0 Å². The summed E-state index contributed by atoms with van der Waals surface area (Å²) >= 11 is 6.38. The number of thiocarbonyl (C=S) groups is 1. The van der Waals surface area contributed by atoms with Gasteiger partial charge in [-0.05, 0) is 11.6 Å². The van der Waals surface area contributed by atoms with Crippen molar-refractivity contribution in [2.24, 2.45) is 0 Å². The molecule has 0 saturated heterocycles. The number of thioether (sulfide) groups is 1. The topological polar surface area (TPSA) is 0 Å². The lowest BCUT2D eigenvalue weighted by Gasteiger charge is -2.13. The average molecular weight is 312 g/mol. The van der Waals surface area contributed by atoms with Gasteiger partial charge in [0.2, 0.25) is 0 Å². The van der Waals surface area contributed by atoms with Gasteiger partial charge in [-0.15, -0.1) is 11.8 Å². The summed E-state index contributed by atoms with van der Waals surface area (Å²) < 4.78 is 39.0. The summed E-state index contributed by atoms with van der Waals surface area (Å²) in [6.45, 7) is 0. The molecule has 0 heterocycles. The number of benzene rings is 2. The predicted octanol–water partition coefficient (Wildman–Crippen LogP) is 5.31. The minimum absolute atomic E-state index is 0.0796. The molecule has 0 aliphatic heterocycles. The summed E-state index contributed by atoms with van der Waals surface area (Å²) in [5, 5.41) is 0. The van der Waals surface area contributed by atoms with Crippen LogP contribution >= 0.6 is 24.0 Å². The molecule has 0 saturated carbocycles. The molecule has 0 amide bonds. The van der Waals surface area contributed by atoms with Gasteiger partial charge in [-0.25, -0.2) is 0 Å². The van der Waals surface area contributed by atoms with Crippen LogP contribution in [0, 0.1) is 0 Å². The Kier molecular flexibility index (Phi) is 4.83. The van der Waals surface area contributed by atoms with E-state index in [4.69, 9.17) is 12.2 Å². The van der Waals surface area contributed by atoms with Crippen molar-refractivity contribution < 1.29 is 13.2 Å². The highest BCUT2D eigenvalue weighted by Gasteiger charge is 2.33. The number of alkyl halides is 3. The first kappa shape index (κ1) is 15.1. The lowest BCUT2D eigenvalue weighted by Crippen LogP contribution is -2.11. The highest BCUT2D eigenvalue weighted by molar-refractivity contribution is 8.23. The maximum Gasteiger partial charge on any atom is 0.417 e. The minimum atomic E-state index is -4.38. The van der Waals surface area contributed by atoms with Crippen LogP contribution in [0.4, 0.5) is 13.2 Å². The molecule has 0 N–H and O–H groups in total. The second-order valence-electron chi connectivity index (χ2n) is 4.11. The summed E-state index contributed by atoms with van der Waals surface area (Å²) in [6.07, 6.45) is -4.38. The average Bonchev–Trinajstić information content (AvgIpc) is 2.45. The quantitative estimate of drug-likeness (QED) is 0.704. The van der Waals surface area contributed by atoms with E-state index in [0.717, 1.165) is 11.6 Å². The molecule has 0 radical (unpaired) electrons. The third kappa shape index (κ3) is 3.84. The molecule has 0 nitrogen and oxygen atoms in total. The van der Waals surface area contributed by atoms with Gasteiger partial charge < -0.3 is 0 Å². The summed E-state index contributed by atoms with van der Waals surface area (Å²) in [4.78, 5) is 0. The maximum absolute atomic E-state index is 12.9. The molecule has 0 atom stereocenters. The van der Waals surface area contributed by atoms with Gasteiger partial charge in [-0.1, -0.05) is 60.7 Å². The van der Waals surface area contributed by atoms with E-state index < -0.39 is 11.7 Å². The molecule has 0 spiro atoms. The second-order valence-corrected chi connectivity index (χ2v) is 5.76. The zero-order chi connectivity index (χ0) is 14.6. The fraction of sp³-hybridized carbons (Fsp3) is 0.133. The molecule has 0 fully saturated rings. The Balaban J connectivity index is 2.14. The molecule has 0 aliphatic rings. The van der Waals surface area contributed by atoms with Crippen LogP contribution in [0.3, 0.4) is 0 Å². The Morgan fingerprint density at radius 2 is 1.55 bits per heavy atom. The number of hydrogen-bond donors (Lipinski definition) is 0. The van der Waals surface area contributed by atoms with E-state index in [2.05, 4.69) is 0 Å². The summed E-state index contributed by atoms with van der Waals surface area (Å²) in [5.41, 5.74) is 0.436. The Labute approximate surface area is 125 Å². The number of halogens is 3. The number of hydrogen-bond acceptors (Lipinski definition) is 2. The van der Waals surface area contributed by atoms with E-state index in [9.17, 15) is 13.2 Å². The van der Waals surface area contributed by atoms with Crippen molar-refractivity contribution in [2.75, 3.05) is 0 Å². The summed E-state index contributed by atoms with van der Waals surface area (Å²) in [5.74, 6) is 0.561. The molecular formula is C15H11F3S2. The van der Waals surface area contributed by atoms with E-state index in [1.807, 2.05) is 30.3 Å². The lowest BCUT2D eigenvalue weighted by atomic mass is 10.1. The standard InChI is InChI=1S/C15H11F3S2/c16-15(17,18)13-9-5-4-8-12(13)14(19)20-10-11-6-2-1-3-7-11/h1-9H,10H2. The van der Waals surface area contributed by atoms with Crippen LogP contribution in [0.1, 0.15) is 16.7 Å². The van der Waals surface area contributed by atoms with Gasteiger partial charge in [0.25, 0.3) is 0 Å². The zero-order valence-corrected chi connectivity index (χ0v) is 12.0. The van der Waals surface area contributed by atoms with Gasteiger partial charge >= 0.3 is 6.18 Å². The second kappa shape index (κ2) is 6.41. The largest absolute Gasteiger partial charge is 0.417 e. The first-order valence-corrected chi connectivity index (χ1v) is 7.25. The molecule has 5 heteroatoms. The first-order valence-electron chi connectivity index (χ1n) is 5.86. The molecule has 2 rings (SSSR count). The monoisotopic (exact) mass is 312 g/mol. The van der Waals surface area contributed by atoms with E-state index in [0.29, 0.717) is 5.75 Å². The zero-order valence-electron chi connectivity index (χ0n) is 10.4. The lowest BCUT2D eigenvalue weighted by molar-refractivity contribution is -0.137. The fourth-order valence-electron chi connectivity index (χ4n) is 1.71. The third-order valence-corrected chi connectivity index (χ3v) is 4.20. The minimum Gasteiger partial charge on any atom is -0.166 e. The molecule has 104 valence electrons. The van der Waals surface area contributed by atoms with Gasteiger partial charge in [0, 0.05) is 11.3 Å². The van der Waals surface area contributed by atoms with Crippen molar-refractivity contribution in [3.05, 3.63) is 71.3 Å². The van der Waals surface area contributed by atoms with E-state index in [1.54, 1.807) is 6.07 Å². The Bertz CT molecular complexity index is 592. The highest BCUT2D eigenvalue weighted by Crippen LogP contribution is 2.34. The van der Waals surface area contributed by atoms with Crippen molar-refractivity contribution in [1.29, 1.82) is 0 Å². The SMILES string of the molecule is FC(F)(F)c1ccccc1C(=S)SCc1ccccc1. The summed E-state index contributed by atoms with van der Waals surface area (Å²) in [6, 6.07) is 14.9. The molecule has 0 unspecified atom stereocenters. The van der Waals surface area contributed by atoms with Crippen LogP contribution in [0.25, 0.3) is 0 Å². The van der Waals surface area contributed by atoms with Crippen LogP contribution in [0.15, 0.2) is 54.6 Å². The Morgan fingerprint density at radius 3 is 2.20 bits per heavy atom. The van der Waals surface area contributed by atoms with Crippen molar-refractivity contribution in [3.8, 4) is 0 Å². The summed E-state index contributed by atoms with van der Waals surface area (Å²) in [7, 11) is 0. The van der Waals surface area contributed by atoms with Crippen molar-refractivity contribution in [1.82, 2.24) is 0 Å². The first-order chi connectivity index (χ1) is 9.48. The molecule has 0 aromatic heterocycles. The van der Waals surface area contributed by atoms with E-state index >= 15 is 0 Å². The van der Waals surface area contributed by atoms with E-state index in [-0.39, 0.29) is 9.76 Å². The fourth-order valence-corrected chi connectivity index (χ4v) is 2.89. The van der Waals surface area contributed by atoms with Crippen molar-refractivity contribution >= 4 is 28.2 Å². The third-order valence-electron chi connectivity index (χ3n) is 2.67. The Hall–Kier alpha value is -1.33. The molecule has 0 aliphatic carbocycles. The van der Waals surface area contributed by atoms with Gasteiger partial charge in [0.05, 0.1) is 9.76 Å². The van der Waals surface area contributed by atoms with Gasteiger partial charge in [-0.2, -0.15) is 13.2 Å². The molecule has 20 heavy (non-hydrogen) atoms. The van der Waals surface area contributed by atoms with Crippen molar-refractivity contribution in [3.63, 3.8) is 0 Å². The van der Waals surface area contributed by atoms with Crippen LogP contribution in [0.5, 0.6) is 0 Å². The van der Waals surface area contributed by atoms with Crippen LogP contribution in [-0.4, -0.2) is 4.20 Å². The van der Waals surface area contributed by atoms with Gasteiger partial charge in [-0.3, -0.25) is 0 Å². The van der Waals surface area contributed by atoms with E-state index in [1.165, 1.54) is 23.9 Å². The normalized spacial score (nSPS) is 11.3. The number of rotatable bonds is 3. The van der Waals surface area contributed by atoms with Crippen LogP contribution < -0.4 is 0 Å². The molecule has 0 bridgehead atoms. The maximum atomic E-state index is 12.9. The molecular weight excluding hydrogens is 301 g/mol. The smallest absolute Gasteiger partial charge is 0.166 e. The van der Waals surface area contributed by atoms with Crippen molar-refractivity contribution in [2.45, 2.75) is 11.9 Å². The van der Waals surface area contributed by atoms with Crippen LogP contribution in [-0.2, 0) is 11.9 Å². The van der Waals surface area contributed by atoms with Gasteiger partial charge in [0.1, 0.15) is 0 Å². The van der Waals surface area contributed by atoms with Crippen LogP contribution in [0.2, 0.25) is 0 Å². The Morgan fingerprint density at radius 1 is 0.950 bits per heavy atom. The highest BCUT2D eigenvalue weighted by atomic mass is 32.2. The molecule has 2 aromatic carbocycles. The predicted molar refractivity (Wildman–Crippen MR) is 80.9 cm³/mol.